The van der Waals surface area contributed by atoms with E-state index in [-0.39, 0.29) is 18.2 Å². The fraction of sp³-hybridized carbons (Fsp3) is 0.227. The second-order valence-electron chi connectivity index (χ2n) is 6.77. The number of nitrogens with one attached hydrogen (secondary N) is 2. The zero-order valence-corrected chi connectivity index (χ0v) is 17.6. The number of rotatable bonds is 8. The van der Waals surface area contributed by atoms with Crippen molar-refractivity contribution in [2.24, 2.45) is 7.05 Å². The van der Waals surface area contributed by atoms with Gasteiger partial charge in [0.15, 0.2) is 0 Å². The molecule has 2 amide bonds. The molecule has 1 heterocycles. The van der Waals surface area contributed by atoms with E-state index >= 15 is 0 Å². The molecule has 30 heavy (non-hydrogen) atoms. The quantitative estimate of drug-likeness (QED) is 0.541. The predicted octanol–water partition coefficient (Wildman–Crippen LogP) is 3.30. The Morgan fingerprint density at radius 3 is 2.67 bits per heavy atom. The van der Waals surface area contributed by atoms with E-state index in [2.05, 4.69) is 15.7 Å². The van der Waals surface area contributed by atoms with E-state index in [0.29, 0.717) is 29.4 Å². The zero-order valence-electron chi connectivity index (χ0n) is 16.8. The number of amides is 2. The van der Waals surface area contributed by atoms with Gasteiger partial charge in [-0.2, -0.15) is 5.10 Å². The third-order valence-electron chi connectivity index (χ3n) is 4.42. The van der Waals surface area contributed by atoms with Crippen LogP contribution in [-0.2, 0) is 23.0 Å². The highest BCUT2D eigenvalue weighted by atomic mass is 35.5. The number of benzene rings is 2. The second kappa shape index (κ2) is 10.0. The lowest BCUT2D eigenvalue weighted by molar-refractivity contribution is -0.115. The fourth-order valence-corrected chi connectivity index (χ4v) is 3.16. The van der Waals surface area contributed by atoms with E-state index in [4.69, 9.17) is 16.3 Å². The van der Waals surface area contributed by atoms with E-state index in [0.717, 1.165) is 16.7 Å². The number of carbonyl (C=O) groups is 2. The molecule has 0 fully saturated rings. The van der Waals surface area contributed by atoms with E-state index in [1.807, 2.05) is 37.5 Å². The predicted molar refractivity (Wildman–Crippen MR) is 117 cm³/mol. The largest absolute Gasteiger partial charge is 0.383 e. The van der Waals surface area contributed by atoms with Crippen molar-refractivity contribution in [2.45, 2.75) is 6.42 Å². The maximum atomic E-state index is 12.6. The number of aryl methyl sites for hydroxylation is 1. The second-order valence-corrected chi connectivity index (χ2v) is 7.17. The van der Waals surface area contributed by atoms with Crippen molar-refractivity contribution < 1.29 is 14.3 Å². The molecular formula is C22H23ClN4O3. The first-order chi connectivity index (χ1) is 14.5. The maximum absolute atomic E-state index is 12.6. The van der Waals surface area contributed by atoms with Crippen LogP contribution in [-0.4, -0.2) is 41.9 Å². The molecule has 7 nitrogen and oxygen atoms in total. The molecule has 1 aromatic heterocycles. The Labute approximate surface area is 180 Å². The molecule has 2 aromatic carbocycles. The monoisotopic (exact) mass is 426 g/mol. The first kappa shape index (κ1) is 21.5. The summed E-state index contributed by atoms with van der Waals surface area (Å²) >= 11 is 6.15. The van der Waals surface area contributed by atoms with Crippen LogP contribution < -0.4 is 10.6 Å². The molecule has 156 valence electrons. The third-order valence-corrected chi connectivity index (χ3v) is 4.79. The molecule has 0 spiro atoms. The number of methoxy groups -OCH3 is 1. The van der Waals surface area contributed by atoms with Crippen LogP contribution in [0.5, 0.6) is 0 Å². The number of nitrogens with zero attached hydrogens (tertiary/aromatic N) is 2. The van der Waals surface area contributed by atoms with Crippen molar-refractivity contribution in [3.05, 3.63) is 71.0 Å². The molecule has 2 N–H and O–H groups in total. The van der Waals surface area contributed by atoms with Gasteiger partial charge in [0.25, 0.3) is 5.91 Å². The Hall–Kier alpha value is -3.16. The molecule has 0 aliphatic carbocycles. The van der Waals surface area contributed by atoms with Gasteiger partial charge in [-0.3, -0.25) is 14.3 Å². The molecule has 0 unspecified atom stereocenters. The average molecular weight is 427 g/mol. The molecule has 3 aromatic rings. The molecule has 0 aliphatic heterocycles. The average Bonchev–Trinajstić information content (AvgIpc) is 3.16. The molecule has 0 aliphatic rings. The molecule has 0 saturated carbocycles. The summed E-state index contributed by atoms with van der Waals surface area (Å²) in [4.78, 5) is 25.1. The summed E-state index contributed by atoms with van der Waals surface area (Å²) in [5.41, 5.74) is 3.30. The SMILES string of the molecule is COCCNC(=O)c1cc(NC(=O)Cc2ccccc2Cl)cc(-c2cnn(C)c2)c1. The fourth-order valence-electron chi connectivity index (χ4n) is 2.96. The minimum atomic E-state index is -0.251. The molecular weight excluding hydrogens is 404 g/mol. The van der Waals surface area contributed by atoms with Crippen LogP contribution in [0.3, 0.4) is 0 Å². The lowest BCUT2D eigenvalue weighted by Gasteiger charge is -2.11. The number of hydrogen-bond acceptors (Lipinski definition) is 4. The Morgan fingerprint density at radius 1 is 1.17 bits per heavy atom. The summed E-state index contributed by atoms with van der Waals surface area (Å²) in [5, 5.41) is 10.4. The standard InChI is InChI=1S/C22H23ClN4O3/c1-27-14-18(13-25-27)16-9-17(22(29)24-7-8-30-2)11-19(10-16)26-21(28)12-15-5-3-4-6-20(15)23/h3-6,9-11,13-14H,7-8,12H2,1-2H3,(H,24,29)(H,26,28). The van der Waals surface area contributed by atoms with Crippen molar-refractivity contribution in [2.75, 3.05) is 25.6 Å². The topological polar surface area (TPSA) is 85.2 Å². The van der Waals surface area contributed by atoms with Gasteiger partial charge in [0, 0.05) is 48.7 Å². The highest BCUT2D eigenvalue weighted by molar-refractivity contribution is 6.31. The lowest BCUT2D eigenvalue weighted by atomic mass is 10.0. The Bertz CT molecular complexity index is 1050. The van der Waals surface area contributed by atoms with Crippen LogP contribution >= 0.6 is 11.6 Å². The zero-order chi connectivity index (χ0) is 21.5. The van der Waals surface area contributed by atoms with E-state index < -0.39 is 0 Å². The van der Waals surface area contributed by atoms with E-state index in [1.54, 1.807) is 36.2 Å². The summed E-state index contributed by atoms with van der Waals surface area (Å²) in [6.45, 7) is 0.802. The summed E-state index contributed by atoms with van der Waals surface area (Å²) in [5.74, 6) is -0.475. The number of ether oxygens (including phenoxy) is 1. The van der Waals surface area contributed by atoms with Gasteiger partial charge in [-0.05, 0) is 35.4 Å². The minimum Gasteiger partial charge on any atom is -0.383 e. The van der Waals surface area contributed by atoms with Crippen LogP contribution in [0.2, 0.25) is 5.02 Å². The lowest BCUT2D eigenvalue weighted by Crippen LogP contribution is -2.27. The van der Waals surface area contributed by atoms with Crippen molar-refractivity contribution in [1.82, 2.24) is 15.1 Å². The first-order valence-electron chi connectivity index (χ1n) is 9.41. The van der Waals surface area contributed by atoms with Gasteiger partial charge in [0.2, 0.25) is 5.91 Å². The normalized spacial score (nSPS) is 10.6. The third kappa shape index (κ3) is 5.68. The maximum Gasteiger partial charge on any atom is 0.251 e. The van der Waals surface area contributed by atoms with Crippen molar-refractivity contribution in [1.29, 1.82) is 0 Å². The molecule has 0 saturated heterocycles. The summed E-state index contributed by atoms with van der Waals surface area (Å²) < 4.78 is 6.65. The molecule has 8 heteroatoms. The Morgan fingerprint density at radius 2 is 1.97 bits per heavy atom. The van der Waals surface area contributed by atoms with Gasteiger partial charge >= 0.3 is 0 Å². The van der Waals surface area contributed by atoms with Gasteiger partial charge < -0.3 is 15.4 Å². The highest BCUT2D eigenvalue weighted by Gasteiger charge is 2.13. The van der Waals surface area contributed by atoms with Crippen molar-refractivity contribution in [3.63, 3.8) is 0 Å². The van der Waals surface area contributed by atoms with Gasteiger partial charge in [0.1, 0.15) is 0 Å². The molecule has 0 bridgehead atoms. The van der Waals surface area contributed by atoms with Gasteiger partial charge in [-0.25, -0.2) is 0 Å². The van der Waals surface area contributed by atoms with Crippen molar-refractivity contribution >= 4 is 29.1 Å². The van der Waals surface area contributed by atoms with E-state index in [1.165, 1.54) is 0 Å². The van der Waals surface area contributed by atoms with Crippen LogP contribution in [0.4, 0.5) is 5.69 Å². The van der Waals surface area contributed by atoms with Gasteiger partial charge in [-0.1, -0.05) is 29.8 Å². The summed E-state index contributed by atoms with van der Waals surface area (Å²) in [6.07, 6.45) is 3.68. The Kier molecular flexibility index (Phi) is 7.21. The number of carbonyl (C=O) groups excluding carboxylic acids is 2. The van der Waals surface area contributed by atoms with Crippen LogP contribution in [0.1, 0.15) is 15.9 Å². The van der Waals surface area contributed by atoms with Crippen LogP contribution in [0.15, 0.2) is 54.9 Å². The highest BCUT2D eigenvalue weighted by Crippen LogP contribution is 2.25. The first-order valence-corrected chi connectivity index (χ1v) is 9.78. The smallest absolute Gasteiger partial charge is 0.251 e. The van der Waals surface area contributed by atoms with Gasteiger partial charge in [0.05, 0.1) is 19.2 Å². The molecule has 3 rings (SSSR count). The summed E-state index contributed by atoms with van der Waals surface area (Å²) in [7, 11) is 3.39. The minimum absolute atomic E-state index is 0.131. The van der Waals surface area contributed by atoms with Gasteiger partial charge in [-0.15, -0.1) is 0 Å². The number of halogens is 1. The Balaban J connectivity index is 1.84. The van der Waals surface area contributed by atoms with Crippen LogP contribution in [0, 0.1) is 0 Å². The summed E-state index contributed by atoms with van der Waals surface area (Å²) in [6, 6.07) is 12.4. The van der Waals surface area contributed by atoms with Crippen LogP contribution in [0.25, 0.3) is 11.1 Å². The molecule has 0 atom stereocenters. The van der Waals surface area contributed by atoms with Crippen molar-refractivity contribution in [3.8, 4) is 11.1 Å². The number of anilines is 1. The number of hydrogen-bond donors (Lipinski definition) is 2. The number of aromatic nitrogens is 2. The van der Waals surface area contributed by atoms with E-state index in [9.17, 15) is 9.59 Å². The molecule has 0 radical (unpaired) electrons.